The minimum absolute atomic E-state index is 0.132. The second-order valence-corrected chi connectivity index (χ2v) is 5.07. The molecule has 0 aliphatic carbocycles. The molecule has 104 valence electrons. The van der Waals surface area contributed by atoms with Crippen LogP contribution in [0.5, 0.6) is 0 Å². The molecule has 0 saturated carbocycles. The first kappa shape index (κ1) is 13.9. The molecule has 1 saturated heterocycles. The molecule has 1 fully saturated rings. The fourth-order valence-electron chi connectivity index (χ4n) is 2.71. The van der Waals surface area contributed by atoms with Crippen LogP contribution in [0.4, 0.5) is 5.69 Å². The van der Waals surface area contributed by atoms with Crippen molar-refractivity contribution in [3.63, 3.8) is 0 Å². The van der Waals surface area contributed by atoms with Gasteiger partial charge in [-0.2, -0.15) is 0 Å². The van der Waals surface area contributed by atoms with Crippen LogP contribution in [0.1, 0.15) is 29.7 Å². The zero-order chi connectivity index (χ0) is 14.0. The van der Waals surface area contributed by atoms with E-state index in [1.165, 1.54) is 0 Å². The lowest BCUT2D eigenvalue weighted by Gasteiger charge is -2.22. The van der Waals surface area contributed by atoms with Crippen molar-refractivity contribution < 1.29 is 10.0 Å². The molecule has 1 aromatic heterocycles. The van der Waals surface area contributed by atoms with E-state index in [0.29, 0.717) is 17.7 Å². The Labute approximate surface area is 112 Å². The van der Waals surface area contributed by atoms with Gasteiger partial charge < -0.3 is 5.11 Å². The summed E-state index contributed by atoms with van der Waals surface area (Å²) >= 11 is 0. The number of aryl methyl sites for hydroxylation is 1. The Morgan fingerprint density at radius 3 is 2.95 bits per heavy atom. The molecule has 2 heterocycles. The Bertz CT molecular complexity index is 490. The van der Waals surface area contributed by atoms with E-state index < -0.39 is 0 Å². The number of aliphatic hydroxyl groups is 1. The number of hydrogen-bond acceptors (Lipinski definition) is 5. The van der Waals surface area contributed by atoms with Gasteiger partial charge >= 0.3 is 0 Å². The summed E-state index contributed by atoms with van der Waals surface area (Å²) in [5.41, 5.74) is 2.11. The van der Waals surface area contributed by atoms with Crippen molar-refractivity contribution in [3.05, 3.63) is 33.1 Å². The van der Waals surface area contributed by atoms with Crippen LogP contribution in [-0.4, -0.2) is 39.1 Å². The van der Waals surface area contributed by atoms with Crippen molar-refractivity contribution in [1.29, 1.82) is 0 Å². The lowest BCUT2D eigenvalue weighted by molar-refractivity contribution is -0.386. The van der Waals surface area contributed by atoms with E-state index in [4.69, 9.17) is 0 Å². The van der Waals surface area contributed by atoms with Crippen LogP contribution in [-0.2, 0) is 6.54 Å². The van der Waals surface area contributed by atoms with Crippen molar-refractivity contribution in [2.24, 2.45) is 0 Å². The maximum absolute atomic E-state index is 11.1. The van der Waals surface area contributed by atoms with Gasteiger partial charge in [-0.15, -0.1) is 0 Å². The molecule has 0 radical (unpaired) electrons. The first-order valence-corrected chi connectivity index (χ1v) is 6.49. The maximum atomic E-state index is 11.1. The molecule has 0 bridgehead atoms. The minimum atomic E-state index is -0.344. The predicted molar refractivity (Wildman–Crippen MR) is 70.9 cm³/mol. The molecule has 1 aliphatic heterocycles. The molecular weight excluding hydrogens is 246 g/mol. The van der Waals surface area contributed by atoms with Gasteiger partial charge in [0.05, 0.1) is 17.2 Å². The first-order chi connectivity index (χ1) is 9.04. The van der Waals surface area contributed by atoms with Crippen molar-refractivity contribution in [2.75, 3.05) is 13.2 Å². The van der Waals surface area contributed by atoms with Crippen molar-refractivity contribution in [1.82, 2.24) is 9.88 Å². The Morgan fingerprint density at radius 2 is 2.32 bits per heavy atom. The number of aliphatic hydroxyl groups excluding tert-OH is 1. The molecule has 1 atom stereocenters. The number of nitro groups is 1. The van der Waals surface area contributed by atoms with E-state index >= 15 is 0 Å². The summed E-state index contributed by atoms with van der Waals surface area (Å²) in [6.07, 6.45) is 3.59. The van der Waals surface area contributed by atoms with E-state index in [2.05, 4.69) is 9.88 Å². The topological polar surface area (TPSA) is 79.5 Å². The summed E-state index contributed by atoms with van der Waals surface area (Å²) < 4.78 is 0. The molecule has 1 N–H and O–H groups in total. The minimum Gasteiger partial charge on any atom is -0.395 e. The van der Waals surface area contributed by atoms with Gasteiger partial charge in [0, 0.05) is 29.9 Å². The SMILES string of the molecule is Cc1cnc(CN2CCCC2CO)c(C)c1[N+](=O)[O-]. The quantitative estimate of drug-likeness (QED) is 0.660. The third-order valence-electron chi connectivity index (χ3n) is 3.82. The molecule has 1 aromatic rings. The summed E-state index contributed by atoms with van der Waals surface area (Å²) in [6.45, 7) is 5.06. The number of rotatable bonds is 4. The Morgan fingerprint density at radius 1 is 1.58 bits per heavy atom. The largest absolute Gasteiger partial charge is 0.395 e. The molecule has 2 rings (SSSR count). The van der Waals surface area contributed by atoms with Crippen molar-refractivity contribution >= 4 is 5.69 Å². The first-order valence-electron chi connectivity index (χ1n) is 6.49. The zero-order valence-electron chi connectivity index (χ0n) is 11.3. The summed E-state index contributed by atoms with van der Waals surface area (Å²) in [5.74, 6) is 0. The maximum Gasteiger partial charge on any atom is 0.278 e. The molecule has 1 unspecified atom stereocenters. The van der Waals surface area contributed by atoms with Crippen LogP contribution >= 0.6 is 0 Å². The fourth-order valence-corrected chi connectivity index (χ4v) is 2.71. The average Bonchev–Trinajstić information content (AvgIpc) is 2.79. The second kappa shape index (κ2) is 5.63. The van der Waals surface area contributed by atoms with Gasteiger partial charge in [-0.05, 0) is 33.2 Å². The van der Waals surface area contributed by atoms with Crippen LogP contribution in [0.15, 0.2) is 6.20 Å². The van der Waals surface area contributed by atoms with Crippen molar-refractivity contribution in [3.8, 4) is 0 Å². The Hall–Kier alpha value is -1.53. The van der Waals surface area contributed by atoms with Gasteiger partial charge in [-0.1, -0.05) is 0 Å². The van der Waals surface area contributed by atoms with E-state index in [9.17, 15) is 15.2 Å². The highest BCUT2D eigenvalue weighted by Gasteiger charge is 2.26. The Kier molecular flexibility index (Phi) is 4.11. The van der Waals surface area contributed by atoms with Crippen LogP contribution in [0.25, 0.3) is 0 Å². The highest BCUT2D eigenvalue weighted by atomic mass is 16.6. The van der Waals surface area contributed by atoms with Gasteiger partial charge in [0.2, 0.25) is 0 Å². The van der Waals surface area contributed by atoms with Gasteiger partial charge in [-0.25, -0.2) is 0 Å². The van der Waals surface area contributed by atoms with Gasteiger partial charge in [0.25, 0.3) is 5.69 Å². The third-order valence-corrected chi connectivity index (χ3v) is 3.82. The van der Waals surface area contributed by atoms with Gasteiger partial charge in [-0.3, -0.25) is 20.0 Å². The highest BCUT2D eigenvalue weighted by Crippen LogP contribution is 2.26. The fraction of sp³-hybridized carbons (Fsp3) is 0.615. The summed E-state index contributed by atoms with van der Waals surface area (Å²) in [5, 5.41) is 20.4. The monoisotopic (exact) mass is 265 g/mol. The highest BCUT2D eigenvalue weighted by molar-refractivity contribution is 5.47. The predicted octanol–water partition coefficient (Wildman–Crippen LogP) is 1.56. The lowest BCUT2D eigenvalue weighted by Crippen LogP contribution is -2.32. The molecule has 0 aromatic carbocycles. The third kappa shape index (κ3) is 2.74. The number of aromatic nitrogens is 1. The standard InChI is InChI=1S/C13H19N3O3/c1-9-6-14-12(10(2)13(9)16(18)19)7-15-5-3-4-11(15)8-17/h6,11,17H,3-5,7-8H2,1-2H3. The summed E-state index contributed by atoms with van der Waals surface area (Å²) in [7, 11) is 0. The summed E-state index contributed by atoms with van der Waals surface area (Å²) in [4.78, 5) is 17.2. The Balaban J connectivity index is 2.26. The smallest absolute Gasteiger partial charge is 0.278 e. The van der Waals surface area contributed by atoms with Crippen molar-refractivity contribution in [2.45, 2.75) is 39.3 Å². The van der Waals surface area contributed by atoms with E-state index in [1.54, 1.807) is 20.0 Å². The number of hydrogen-bond donors (Lipinski definition) is 1. The normalized spacial score (nSPS) is 19.8. The molecular formula is C13H19N3O3. The molecule has 0 amide bonds. The van der Waals surface area contributed by atoms with Crippen LogP contribution in [0.3, 0.4) is 0 Å². The van der Waals surface area contributed by atoms with E-state index in [1.807, 2.05) is 0 Å². The number of pyridine rings is 1. The average molecular weight is 265 g/mol. The van der Waals surface area contributed by atoms with Gasteiger partial charge in [0.1, 0.15) is 0 Å². The van der Waals surface area contributed by atoms with Crippen LogP contribution in [0.2, 0.25) is 0 Å². The second-order valence-electron chi connectivity index (χ2n) is 5.07. The van der Waals surface area contributed by atoms with Crippen LogP contribution in [0, 0.1) is 24.0 Å². The lowest BCUT2D eigenvalue weighted by atomic mass is 10.1. The molecule has 19 heavy (non-hydrogen) atoms. The molecule has 1 aliphatic rings. The number of nitrogens with zero attached hydrogens (tertiary/aromatic N) is 3. The van der Waals surface area contributed by atoms with Crippen LogP contribution < -0.4 is 0 Å². The van der Waals surface area contributed by atoms with Gasteiger partial charge in [0.15, 0.2) is 0 Å². The zero-order valence-corrected chi connectivity index (χ0v) is 11.3. The van der Waals surface area contributed by atoms with E-state index in [-0.39, 0.29) is 23.3 Å². The molecule has 0 spiro atoms. The summed E-state index contributed by atoms with van der Waals surface area (Å²) in [6, 6.07) is 0.154. The molecule has 6 heteroatoms. The molecule has 6 nitrogen and oxygen atoms in total. The van der Waals surface area contributed by atoms with E-state index in [0.717, 1.165) is 25.1 Å². The number of likely N-dealkylation sites (tertiary alicyclic amines) is 1.